The van der Waals surface area contributed by atoms with Crippen LogP contribution in [0.1, 0.15) is 11.7 Å². The quantitative estimate of drug-likeness (QED) is 0.882. The molecule has 98 valence electrons. The second-order valence-electron chi connectivity index (χ2n) is 4.05. The first-order valence-corrected chi connectivity index (χ1v) is 6.42. The summed E-state index contributed by atoms with van der Waals surface area (Å²) < 4.78 is 6.06. The minimum Gasteiger partial charge on any atom is -0.479 e. The molecule has 1 saturated heterocycles. The second-order valence-corrected chi connectivity index (χ2v) is 4.91. The standard InChI is InChI=1S/C12H14BrNO4/c13-9-7-8(11(15)12(16)17)1-2-10(9)14-3-5-18-6-4-14/h1-2,7,11,15H,3-6H2,(H,16,17). The summed E-state index contributed by atoms with van der Waals surface area (Å²) in [4.78, 5) is 12.9. The highest BCUT2D eigenvalue weighted by Gasteiger charge is 2.19. The van der Waals surface area contributed by atoms with E-state index in [2.05, 4.69) is 20.8 Å². The van der Waals surface area contributed by atoms with Crippen molar-refractivity contribution in [2.75, 3.05) is 31.2 Å². The van der Waals surface area contributed by atoms with Crippen molar-refractivity contribution in [2.45, 2.75) is 6.10 Å². The summed E-state index contributed by atoms with van der Waals surface area (Å²) in [5.41, 5.74) is 1.35. The van der Waals surface area contributed by atoms with Crippen LogP contribution in [0, 0.1) is 0 Å². The van der Waals surface area contributed by atoms with E-state index < -0.39 is 12.1 Å². The molecule has 1 aliphatic rings. The number of ether oxygens (including phenoxy) is 1. The minimum atomic E-state index is -1.49. The zero-order valence-corrected chi connectivity index (χ0v) is 11.3. The lowest BCUT2D eigenvalue weighted by atomic mass is 10.1. The first kappa shape index (κ1) is 13.3. The predicted octanol–water partition coefficient (Wildman–Crippen LogP) is 1.40. The van der Waals surface area contributed by atoms with E-state index in [1.54, 1.807) is 12.1 Å². The maximum Gasteiger partial charge on any atom is 0.337 e. The molecule has 0 radical (unpaired) electrons. The van der Waals surface area contributed by atoms with Crippen molar-refractivity contribution < 1.29 is 19.7 Å². The van der Waals surface area contributed by atoms with Crippen LogP contribution in [0.5, 0.6) is 0 Å². The van der Waals surface area contributed by atoms with Crippen LogP contribution >= 0.6 is 15.9 Å². The Bertz CT molecular complexity index is 446. The van der Waals surface area contributed by atoms with Crippen LogP contribution in [0.15, 0.2) is 22.7 Å². The molecule has 1 aromatic carbocycles. The van der Waals surface area contributed by atoms with Crippen LogP contribution in [0.2, 0.25) is 0 Å². The topological polar surface area (TPSA) is 70.0 Å². The summed E-state index contributed by atoms with van der Waals surface area (Å²) in [6.07, 6.45) is -1.49. The number of carbonyl (C=O) groups is 1. The number of nitrogens with zero attached hydrogens (tertiary/aromatic N) is 1. The van der Waals surface area contributed by atoms with E-state index in [-0.39, 0.29) is 0 Å². The molecule has 1 atom stereocenters. The van der Waals surface area contributed by atoms with Gasteiger partial charge in [0.15, 0.2) is 6.10 Å². The minimum absolute atomic E-state index is 0.367. The van der Waals surface area contributed by atoms with Gasteiger partial charge in [-0.25, -0.2) is 4.79 Å². The summed E-state index contributed by atoms with van der Waals surface area (Å²) in [6.45, 7) is 2.98. The van der Waals surface area contributed by atoms with Crippen molar-refractivity contribution >= 4 is 27.6 Å². The summed E-state index contributed by atoms with van der Waals surface area (Å²) in [5, 5.41) is 18.2. The molecule has 1 fully saturated rings. The van der Waals surface area contributed by atoms with Gasteiger partial charge in [0.2, 0.25) is 0 Å². The summed E-state index contributed by atoms with van der Waals surface area (Å²) in [5.74, 6) is -1.25. The number of aliphatic carboxylic acids is 1. The van der Waals surface area contributed by atoms with Gasteiger partial charge in [-0.05, 0) is 33.6 Å². The Morgan fingerprint density at radius 3 is 2.61 bits per heavy atom. The smallest absolute Gasteiger partial charge is 0.337 e. The number of aliphatic hydroxyl groups is 1. The molecule has 0 aromatic heterocycles. The maximum atomic E-state index is 10.7. The van der Waals surface area contributed by atoms with Gasteiger partial charge in [-0.1, -0.05) is 6.07 Å². The van der Waals surface area contributed by atoms with Gasteiger partial charge in [0.05, 0.1) is 18.9 Å². The van der Waals surface area contributed by atoms with Crippen LogP contribution in [0.25, 0.3) is 0 Å². The molecule has 6 heteroatoms. The molecule has 18 heavy (non-hydrogen) atoms. The molecular weight excluding hydrogens is 302 g/mol. The van der Waals surface area contributed by atoms with Crippen molar-refractivity contribution in [3.05, 3.63) is 28.2 Å². The number of aliphatic hydroxyl groups excluding tert-OH is 1. The molecule has 5 nitrogen and oxygen atoms in total. The second kappa shape index (κ2) is 5.69. The number of anilines is 1. The predicted molar refractivity (Wildman–Crippen MR) is 69.8 cm³/mol. The Hall–Kier alpha value is -1.11. The van der Waals surface area contributed by atoms with Crippen LogP contribution in [-0.4, -0.2) is 42.5 Å². The van der Waals surface area contributed by atoms with Crippen LogP contribution < -0.4 is 4.90 Å². The molecule has 1 unspecified atom stereocenters. The number of halogens is 1. The van der Waals surface area contributed by atoms with E-state index >= 15 is 0 Å². The van der Waals surface area contributed by atoms with Gasteiger partial charge in [-0.3, -0.25) is 0 Å². The highest BCUT2D eigenvalue weighted by atomic mass is 79.9. The van der Waals surface area contributed by atoms with E-state index in [0.717, 1.165) is 23.2 Å². The molecule has 0 spiro atoms. The first-order valence-electron chi connectivity index (χ1n) is 5.62. The molecule has 2 N–H and O–H groups in total. The molecule has 1 aromatic rings. The number of morpholine rings is 1. The normalized spacial score (nSPS) is 17.6. The number of carboxylic acid groups (broad SMARTS) is 1. The van der Waals surface area contributed by atoms with Crippen molar-refractivity contribution in [2.24, 2.45) is 0 Å². The van der Waals surface area contributed by atoms with E-state index in [1.807, 2.05) is 6.07 Å². The third-order valence-electron chi connectivity index (χ3n) is 2.87. The Kier molecular flexibility index (Phi) is 4.21. The average molecular weight is 316 g/mol. The van der Waals surface area contributed by atoms with Gasteiger partial charge >= 0.3 is 5.97 Å². The number of hydrogen-bond acceptors (Lipinski definition) is 4. The van der Waals surface area contributed by atoms with Gasteiger partial charge < -0.3 is 19.8 Å². The highest BCUT2D eigenvalue weighted by Crippen LogP contribution is 2.30. The lowest BCUT2D eigenvalue weighted by molar-refractivity contribution is -0.146. The lowest BCUT2D eigenvalue weighted by Gasteiger charge is -2.30. The Balaban J connectivity index is 2.21. The zero-order valence-electron chi connectivity index (χ0n) is 9.67. The molecule has 0 bridgehead atoms. The number of carboxylic acids is 1. The molecule has 0 saturated carbocycles. The highest BCUT2D eigenvalue weighted by molar-refractivity contribution is 9.10. The molecule has 0 amide bonds. The van der Waals surface area contributed by atoms with E-state index in [9.17, 15) is 9.90 Å². The van der Waals surface area contributed by atoms with Gasteiger partial charge in [-0.2, -0.15) is 0 Å². The number of benzene rings is 1. The van der Waals surface area contributed by atoms with Crippen LogP contribution in [-0.2, 0) is 9.53 Å². The summed E-state index contributed by atoms with van der Waals surface area (Å²) in [6, 6.07) is 5.09. The first-order chi connectivity index (χ1) is 8.59. The van der Waals surface area contributed by atoms with Crippen molar-refractivity contribution in [1.29, 1.82) is 0 Å². The number of rotatable bonds is 3. The molecule has 1 aliphatic heterocycles. The zero-order chi connectivity index (χ0) is 13.1. The van der Waals surface area contributed by atoms with E-state index in [0.29, 0.717) is 18.8 Å². The van der Waals surface area contributed by atoms with Crippen LogP contribution in [0.4, 0.5) is 5.69 Å². The summed E-state index contributed by atoms with van der Waals surface area (Å²) in [7, 11) is 0. The summed E-state index contributed by atoms with van der Waals surface area (Å²) >= 11 is 3.41. The Morgan fingerprint density at radius 2 is 2.06 bits per heavy atom. The monoisotopic (exact) mass is 315 g/mol. The molecule has 0 aliphatic carbocycles. The van der Waals surface area contributed by atoms with Crippen molar-refractivity contribution in [1.82, 2.24) is 0 Å². The van der Waals surface area contributed by atoms with Gasteiger partial charge in [0, 0.05) is 17.6 Å². The van der Waals surface area contributed by atoms with Gasteiger partial charge in [0.1, 0.15) is 0 Å². The van der Waals surface area contributed by atoms with Crippen molar-refractivity contribution in [3.8, 4) is 0 Å². The van der Waals surface area contributed by atoms with Crippen LogP contribution in [0.3, 0.4) is 0 Å². The fourth-order valence-corrected chi connectivity index (χ4v) is 2.54. The molecular formula is C12H14BrNO4. The fraction of sp³-hybridized carbons (Fsp3) is 0.417. The van der Waals surface area contributed by atoms with Crippen molar-refractivity contribution in [3.63, 3.8) is 0 Å². The third-order valence-corrected chi connectivity index (χ3v) is 3.51. The van der Waals surface area contributed by atoms with Gasteiger partial charge in [-0.15, -0.1) is 0 Å². The Labute approximate surface area is 113 Å². The Morgan fingerprint density at radius 1 is 1.39 bits per heavy atom. The van der Waals surface area contributed by atoms with E-state index in [1.165, 1.54) is 0 Å². The number of hydrogen-bond donors (Lipinski definition) is 2. The lowest BCUT2D eigenvalue weighted by Crippen LogP contribution is -2.36. The fourth-order valence-electron chi connectivity index (χ4n) is 1.90. The molecule has 2 rings (SSSR count). The van der Waals surface area contributed by atoms with E-state index in [4.69, 9.17) is 9.84 Å². The average Bonchev–Trinajstić information content (AvgIpc) is 2.38. The van der Waals surface area contributed by atoms with Gasteiger partial charge in [0.25, 0.3) is 0 Å². The largest absolute Gasteiger partial charge is 0.479 e. The SMILES string of the molecule is O=C(O)C(O)c1ccc(N2CCOCC2)c(Br)c1. The third kappa shape index (κ3) is 2.82. The molecule has 1 heterocycles. The maximum absolute atomic E-state index is 10.7.